The summed E-state index contributed by atoms with van der Waals surface area (Å²) in [5.41, 5.74) is 1.63. The van der Waals surface area contributed by atoms with Crippen molar-refractivity contribution in [1.82, 2.24) is 0 Å². The van der Waals surface area contributed by atoms with Gasteiger partial charge in [-0.15, -0.1) is 0 Å². The van der Waals surface area contributed by atoms with E-state index < -0.39 is 11.9 Å². The summed E-state index contributed by atoms with van der Waals surface area (Å²) in [6.45, 7) is 2.20. The van der Waals surface area contributed by atoms with Gasteiger partial charge in [0.2, 0.25) is 0 Å². The fourth-order valence-electron chi connectivity index (χ4n) is 2.25. The third-order valence-corrected chi connectivity index (χ3v) is 3.67. The molecule has 6 heteroatoms. The van der Waals surface area contributed by atoms with Crippen LogP contribution in [0.5, 0.6) is 5.75 Å². The van der Waals surface area contributed by atoms with Crippen molar-refractivity contribution in [1.29, 1.82) is 0 Å². The summed E-state index contributed by atoms with van der Waals surface area (Å²) in [7, 11) is 0. The highest BCUT2D eigenvalue weighted by molar-refractivity contribution is 6.02. The van der Waals surface area contributed by atoms with Gasteiger partial charge in [-0.2, -0.15) is 0 Å². The maximum atomic E-state index is 12.2. The van der Waals surface area contributed by atoms with Crippen molar-refractivity contribution in [3.63, 3.8) is 0 Å². The molecule has 1 aromatic heterocycles. The average molecular weight is 350 g/mol. The molecule has 1 amide bonds. The van der Waals surface area contributed by atoms with Gasteiger partial charge in [0, 0.05) is 5.69 Å². The summed E-state index contributed by atoms with van der Waals surface area (Å²) in [6, 6.07) is 16.5. The van der Waals surface area contributed by atoms with Gasteiger partial charge in [-0.05, 0) is 48.9 Å². The van der Waals surface area contributed by atoms with Crippen LogP contribution in [0.2, 0.25) is 0 Å². The number of furan rings is 1. The number of carboxylic acids is 1. The molecule has 0 spiro atoms. The van der Waals surface area contributed by atoms with Crippen molar-refractivity contribution in [3.05, 3.63) is 83.3 Å². The SMILES string of the molecule is Cc1ccc(OCc2ccc(C(=O)Nc3ccc(C(=O)[O-])cc3)o2)cc1. The monoisotopic (exact) mass is 350 g/mol. The number of nitrogens with one attached hydrogen (secondary N) is 1. The van der Waals surface area contributed by atoms with Crippen molar-refractivity contribution < 1.29 is 23.8 Å². The van der Waals surface area contributed by atoms with Crippen LogP contribution in [0.15, 0.2) is 65.1 Å². The van der Waals surface area contributed by atoms with E-state index in [4.69, 9.17) is 9.15 Å². The van der Waals surface area contributed by atoms with E-state index in [0.717, 1.165) is 5.56 Å². The number of carboxylic acid groups (broad SMARTS) is 1. The molecule has 3 aromatic rings. The van der Waals surface area contributed by atoms with E-state index in [-0.39, 0.29) is 17.9 Å². The quantitative estimate of drug-likeness (QED) is 0.738. The number of carbonyl (C=O) groups excluding carboxylic acids is 2. The van der Waals surface area contributed by atoms with Crippen LogP contribution in [-0.2, 0) is 6.61 Å². The van der Waals surface area contributed by atoms with Crippen molar-refractivity contribution in [2.24, 2.45) is 0 Å². The average Bonchev–Trinajstić information content (AvgIpc) is 3.11. The van der Waals surface area contributed by atoms with Gasteiger partial charge < -0.3 is 24.4 Å². The lowest BCUT2D eigenvalue weighted by Gasteiger charge is -2.06. The fourth-order valence-corrected chi connectivity index (χ4v) is 2.25. The number of aromatic carboxylic acids is 1. The number of aryl methyl sites for hydroxylation is 1. The van der Waals surface area contributed by atoms with E-state index in [1.165, 1.54) is 24.3 Å². The van der Waals surface area contributed by atoms with Gasteiger partial charge >= 0.3 is 0 Å². The molecule has 0 bridgehead atoms. The van der Waals surface area contributed by atoms with E-state index >= 15 is 0 Å². The third kappa shape index (κ3) is 4.30. The van der Waals surface area contributed by atoms with Crippen LogP contribution in [0.3, 0.4) is 0 Å². The summed E-state index contributed by atoms with van der Waals surface area (Å²) < 4.78 is 11.1. The van der Waals surface area contributed by atoms with Gasteiger partial charge in [-0.3, -0.25) is 4.79 Å². The first-order valence-corrected chi connectivity index (χ1v) is 7.92. The first-order chi connectivity index (χ1) is 12.5. The molecule has 0 unspecified atom stereocenters. The van der Waals surface area contributed by atoms with Crippen molar-refractivity contribution >= 4 is 17.6 Å². The smallest absolute Gasteiger partial charge is 0.291 e. The summed E-state index contributed by atoms with van der Waals surface area (Å²) in [4.78, 5) is 22.9. The maximum absolute atomic E-state index is 12.2. The van der Waals surface area contributed by atoms with Crippen LogP contribution < -0.4 is 15.2 Å². The number of hydrogen-bond donors (Lipinski definition) is 1. The van der Waals surface area contributed by atoms with Crippen LogP contribution in [-0.4, -0.2) is 11.9 Å². The predicted molar refractivity (Wildman–Crippen MR) is 92.9 cm³/mol. The first-order valence-electron chi connectivity index (χ1n) is 7.92. The topological polar surface area (TPSA) is 91.6 Å². The zero-order valence-corrected chi connectivity index (χ0v) is 14.0. The molecule has 0 aliphatic heterocycles. The Morgan fingerprint density at radius 3 is 2.35 bits per heavy atom. The number of carbonyl (C=O) groups is 2. The Balaban J connectivity index is 1.58. The molecule has 3 rings (SSSR count). The fraction of sp³-hybridized carbons (Fsp3) is 0.100. The lowest BCUT2D eigenvalue weighted by Crippen LogP contribution is -2.22. The molecule has 6 nitrogen and oxygen atoms in total. The normalized spacial score (nSPS) is 10.3. The lowest BCUT2D eigenvalue weighted by atomic mass is 10.2. The second-order valence-corrected chi connectivity index (χ2v) is 5.69. The van der Waals surface area contributed by atoms with E-state index in [0.29, 0.717) is 17.2 Å². The molecule has 0 aliphatic carbocycles. The first kappa shape index (κ1) is 17.3. The van der Waals surface area contributed by atoms with Crippen LogP contribution in [0.4, 0.5) is 5.69 Å². The summed E-state index contributed by atoms with van der Waals surface area (Å²) in [6.07, 6.45) is 0. The highest BCUT2D eigenvalue weighted by Gasteiger charge is 2.12. The summed E-state index contributed by atoms with van der Waals surface area (Å²) >= 11 is 0. The second kappa shape index (κ2) is 7.57. The maximum Gasteiger partial charge on any atom is 0.291 e. The predicted octanol–water partition coefficient (Wildman–Crippen LogP) is 2.78. The Kier molecular flexibility index (Phi) is 5.03. The Bertz CT molecular complexity index is 910. The van der Waals surface area contributed by atoms with E-state index in [2.05, 4.69) is 5.32 Å². The second-order valence-electron chi connectivity index (χ2n) is 5.69. The molecular formula is C20H16NO5-. The summed E-state index contributed by atoms with van der Waals surface area (Å²) in [5.74, 6) is -0.342. The molecule has 0 aliphatic rings. The minimum Gasteiger partial charge on any atom is -0.545 e. The van der Waals surface area contributed by atoms with Crippen molar-refractivity contribution in [3.8, 4) is 5.75 Å². The number of rotatable bonds is 6. The Morgan fingerprint density at radius 2 is 1.69 bits per heavy atom. The molecule has 1 N–H and O–H groups in total. The highest BCUT2D eigenvalue weighted by Crippen LogP contribution is 2.16. The zero-order chi connectivity index (χ0) is 18.5. The van der Waals surface area contributed by atoms with Crippen LogP contribution in [0, 0.1) is 6.92 Å². The largest absolute Gasteiger partial charge is 0.545 e. The number of anilines is 1. The number of ether oxygens (including phenoxy) is 1. The lowest BCUT2D eigenvalue weighted by molar-refractivity contribution is -0.255. The highest BCUT2D eigenvalue weighted by atomic mass is 16.5. The molecule has 0 radical (unpaired) electrons. The number of benzene rings is 2. The van der Waals surface area contributed by atoms with Gasteiger partial charge in [0.25, 0.3) is 5.91 Å². The molecular weight excluding hydrogens is 334 g/mol. The molecule has 0 atom stereocenters. The molecule has 132 valence electrons. The van der Waals surface area contributed by atoms with E-state index in [9.17, 15) is 14.7 Å². The Hall–Kier alpha value is -3.54. The van der Waals surface area contributed by atoms with Gasteiger partial charge in [0.1, 0.15) is 18.1 Å². The number of amides is 1. The summed E-state index contributed by atoms with van der Waals surface area (Å²) in [5, 5.41) is 13.3. The molecule has 0 saturated heterocycles. The number of hydrogen-bond acceptors (Lipinski definition) is 5. The molecule has 1 heterocycles. The van der Waals surface area contributed by atoms with Gasteiger partial charge in [0.15, 0.2) is 5.76 Å². The minimum absolute atomic E-state index is 0.0385. The van der Waals surface area contributed by atoms with Crippen LogP contribution in [0.25, 0.3) is 0 Å². The van der Waals surface area contributed by atoms with Crippen molar-refractivity contribution in [2.75, 3.05) is 5.32 Å². The minimum atomic E-state index is -1.27. The van der Waals surface area contributed by atoms with E-state index in [1.54, 1.807) is 12.1 Å². The van der Waals surface area contributed by atoms with Crippen LogP contribution >= 0.6 is 0 Å². The van der Waals surface area contributed by atoms with E-state index in [1.807, 2.05) is 31.2 Å². The van der Waals surface area contributed by atoms with Gasteiger partial charge in [-0.1, -0.05) is 29.8 Å². The van der Waals surface area contributed by atoms with Crippen LogP contribution in [0.1, 0.15) is 32.2 Å². The van der Waals surface area contributed by atoms with Gasteiger partial charge in [0.05, 0.1) is 5.97 Å². The Morgan fingerprint density at radius 1 is 1.00 bits per heavy atom. The molecule has 2 aromatic carbocycles. The van der Waals surface area contributed by atoms with Gasteiger partial charge in [-0.25, -0.2) is 0 Å². The Labute approximate surface area is 150 Å². The van der Waals surface area contributed by atoms with Crippen molar-refractivity contribution in [2.45, 2.75) is 13.5 Å². The zero-order valence-electron chi connectivity index (χ0n) is 14.0. The molecule has 0 fully saturated rings. The molecule has 26 heavy (non-hydrogen) atoms. The standard InChI is InChI=1S/C20H17NO5/c1-13-2-8-16(9-3-13)25-12-17-10-11-18(26-17)19(22)21-15-6-4-14(5-7-15)20(23)24/h2-11H,12H2,1H3,(H,21,22)(H,23,24)/p-1. The third-order valence-electron chi connectivity index (χ3n) is 3.67. The molecule has 0 saturated carbocycles.